The summed E-state index contributed by atoms with van der Waals surface area (Å²) in [7, 11) is 0. The number of nitrogens with zero attached hydrogens (tertiary/aromatic N) is 1. The highest BCUT2D eigenvalue weighted by Gasteiger charge is 2.24. The normalized spacial score (nSPS) is 18.1. The molecule has 1 aromatic carbocycles. The van der Waals surface area contributed by atoms with Crippen LogP contribution in [0.25, 0.3) is 0 Å². The smallest absolute Gasteiger partial charge is 0.0611 e. The number of thiophene rings is 1. The molecule has 1 saturated heterocycles. The quantitative estimate of drug-likeness (QED) is 0.931. The van der Waals surface area contributed by atoms with Gasteiger partial charge in [0.15, 0.2) is 0 Å². The summed E-state index contributed by atoms with van der Waals surface area (Å²) in [4.78, 5) is 2.60. The second kappa shape index (κ2) is 6.08. The van der Waals surface area contributed by atoms with E-state index in [2.05, 4.69) is 59.1 Å². The fourth-order valence-electron chi connectivity index (χ4n) is 3.15. The van der Waals surface area contributed by atoms with Gasteiger partial charge in [0, 0.05) is 26.2 Å². The minimum absolute atomic E-state index is 0.405. The average Bonchev–Trinajstić information content (AvgIpc) is 2.93. The lowest BCUT2D eigenvalue weighted by Gasteiger charge is -2.35. The van der Waals surface area contributed by atoms with Crippen molar-refractivity contribution in [2.75, 3.05) is 26.2 Å². The third-order valence-electron chi connectivity index (χ3n) is 3.94. The highest BCUT2D eigenvalue weighted by atomic mass is 32.1. The monoisotopic (exact) mass is 286 g/mol. The van der Waals surface area contributed by atoms with E-state index in [1.807, 2.05) is 0 Å². The minimum atomic E-state index is 0.405. The van der Waals surface area contributed by atoms with Gasteiger partial charge < -0.3 is 5.32 Å². The van der Waals surface area contributed by atoms with Gasteiger partial charge in [0.25, 0.3) is 0 Å². The molecular formula is C17H22N2S. The summed E-state index contributed by atoms with van der Waals surface area (Å²) in [5.74, 6) is 0. The molecule has 0 bridgehead atoms. The predicted molar refractivity (Wildman–Crippen MR) is 86.5 cm³/mol. The maximum atomic E-state index is 3.45. The van der Waals surface area contributed by atoms with E-state index in [1.165, 1.54) is 22.3 Å². The van der Waals surface area contributed by atoms with Crippen LogP contribution in [-0.4, -0.2) is 31.1 Å². The lowest BCUT2D eigenvalue weighted by Crippen LogP contribution is -2.45. The van der Waals surface area contributed by atoms with Gasteiger partial charge in [-0.15, -0.1) is 0 Å². The highest BCUT2D eigenvalue weighted by Crippen LogP contribution is 2.31. The summed E-state index contributed by atoms with van der Waals surface area (Å²) in [6.45, 7) is 8.80. The minimum Gasteiger partial charge on any atom is -0.314 e. The fraction of sp³-hybridized carbons (Fsp3) is 0.412. The van der Waals surface area contributed by atoms with E-state index in [9.17, 15) is 0 Å². The lowest BCUT2D eigenvalue weighted by molar-refractivity contribution is 0.198. The Morgan fingerprint density at radius 3 is 2.35 bits per heavy atom. The Labute approximate surface area is 125 Å². The second-order valence-corrected chi connectivity index (χ2v) is 6.45. The second-order valence-electron chi connectivity index (χ2n) is 5.67. The predicted octanol–water partition coefficient (Wildman–Crippen LogP) is 3.36. The Kier molecular flexibility index (Phi) is 4.20. The molecule has 0 spiro atoms. The number of hydrogen-bond donors (Lipinski definition) is 1. The first-order chi connectivity index (χ1) is 9.74. The van der Waals surface area contributed by atoms with Gasteiger partial charge in [0.1, 0.15) is 0 Å². The van der Waals surface area contributed by atoms with Crippen molar-refractivity contribution in [1.29, 1.82) is 0 Å². The zero-order valence-electron chi connectivity index (χ0n) is 12.2. The largest absolute Gasteiger partial charge is 0.314 e. The molecular weight excluding hydrogens is 264 g/mol. The number of benzene rings is 1. The van der Waals surface area contributed by atoms with Gasteiger partial charge in [-0.2, -0.15) is 11.3 Å². The summed E-state index contributed by atoms with van der Waals surface area (Å²) in [6.07, 6.45) is 0. The molecule has 2 heterocycles. The molecule has 0 saturated carbocycles. The lowest BCUT2D eigenvalue weighted by atomic mass is 9.95. The van der Waals surface area contributed by atoms with Crippen molar-refractivity contribution >= 4 is 11.3 Å². The summed E-state index contributed by atoms with van der Waals surface area (Å²) in [6, 6.07) is 9.62. The number of aryl methyl sites for hydroxylation is 2. The summed E-state index contributed by atoms with van der Waals surface area (Å²) < 4.78 is 0. The summed E-state index contributed by atoms with van der Waals surface area (Å²) >= 11 is 1.79. The van der Waals surface area contributed by atoms with E-state index < -0.39 is 0 Å². The molecule has 1 N–H and O–H groups in total. The van der Waals surface area contributed by atoms with Crippen LogP contribution in [0.5, 0.6) is 0 Å². The molecule has 1 fully saturated rings. The molecule has 20 heavy (non-hydrogen) atoms. The van der Waals surface area contributed by atoms with Crippen LogP contribution in [-0.2, 0) is 0 Å². The standard InChI is InChI=1S/C17H22N2S/c1-13-9-14(2)11-16(10-13)17(15-3-8-20-12-15)19-6-4-18-5-7-19/h3,8-12,17-18H,4-7H2,1-2H3. The van der Waals surface area contributed by atoms with Crippen LogP contribution in [0.3, 0.4) is 0 Å². The number of nitrogens with one attached hydrogen (secondary N) is 1. The number of piperazine rings is 1. The van der Waals surface area contributed by atoms with E-state index in [0.717, 1.165) is 26.2 Å². The Balaban J connectivity index is 2.00. The van der Waals surface area contributed by atoms with Crippen molar-refractivity contribution in [3.63, 3.8) is 0 Å². The zero-order chi connectivity index (χ0) is 13.9. The van der Waals surface area contributed by atoms with Crippen LogP contribution in [0, 0.1) is 13.8 Å². The van der Waals surface area contributed by atoms with Crippen molar-refractivity contribution in [1.82, 2.24) is 10.2 Å². The Morgan fingerprint density at radius 2 is 1.75 bits per heavy atom. The summed E-state index contributed by atoms with van der Waals surface area (Å²) in [5, 5.41) is 7.93. The van der Waals surface area contributed by atoms with Gasteiger partial charge >= 0.3 is 0 Å². The Bertz CT molecular complexity index is 536. The first-order valence-electron chi connectivity index (χ1n) is 7.29. The molecule has 1 unspecified atom stereocenters. The average molecular weight is 286 g/mol. The molecule has 2 nitrogen and oxygen atoms in total. The van der Waals surface area contributed by atoms with Crippen LogP contribution >= 0.6 is 11.3 Å². The van der Waals surface area contributed by atoms with Crippen LogP contribution in [0.4, 0.5) is 0 Å². The van der Waals surface area contributed by atoms with Crippen LogP contribution < -0.4 is 5.32 Å². The van der Waals surface area contributed by atoms with Gasteiger partial charge in [-0.05, 0) is 41.8 Å². The van der Waals surface area contributed by atoms with Crippen molar-refractivity contribution in [2.24, 2.45) is 0 Å². The van der Waals surface area contributed by atoms with Gasteiger partial charge in [-0.3, -0.25) is 4.90 Å². The third-order valence-corrected chi connectivity index (χ3v) is 4.64. The molecule has 1 atom stereocenters. The molecule has 1 aromatic heterocycles. The Hall–Kier alpha value is -1.16. The molecule has 0 amide bonds. The van der Waals surface area contributed by atoms with Crippen molar-refractivity contribution in [3.05, 3.63) is 57.3 Å². The van der Waals surface area contributed by atoms with E-state index in [-0.39, 0.29) is 0 Å². The number of hydrogen-bond acceptors (Lipinski definition) is 3. The van der Waals surface area contributed by atoms with Crippen LogP contribution in [0.15, 0.2) is 35.0 Å². The van der Waals surface area contributed by atoms with Crippen LogP contribution in [0.2, 0.25) is 0 Å². The molecule has 3 rings (SSSR count). The van der Waals surface area contributed by atoms with Gasteiger partial charge in [0.05, 0.1) is 6.04 Å². The molecule has 1 aliphatic rings. The molecule has 1 aliphatic heterocycles. The third kappa shape index (κ3) is 2.95. The van der Waals surface area contributed by atoms with E-state index in [4.69, 9.17) is 0 Å². The number of rotatable bonds is 3. The topological polar surface area (TPSA) is 15.3 Å². The highest BCUT2D eigenvalue weighted by molar-refractivity contribution is 7.08. The molecule has 0 aliphatic carbocycles. The van der Waals surface area contributed by atoms with Crippen molar-refractivity contribution in [3.8, 4) is 0 Å². The van der Waals surface area contributed by atoms with Crippen LogP contribution in [0.1, 0.15) is 28.3 Å². The maximum Gasteiger partial charge on any atom is 0.0611 e. The van der Waals surface area contributed by atoms with E-state index >= 15 is 0 Å². The molecule has 0 radical (unpaired) electrons. The Morgan fingerprint density at radius 1 is 1.05 bits per heavy atom. The maximum absolute atomic E-state index is 3.45. The van der Waals surface area contributed by atoms with Gasteiger partial charge in [0.2, 0.25) is 0 Å². The molecule has 106 valence electrons. The fourth-order valence-corrected chi connectivity index (χ4v) is 3.83. The van der Waals surface area contributed by atoms with Gasteiger partial charge in [-0.1, -0.05) is 29.3 Å². The van der Waals surface area contributed by atoms with Gasteiger partial charge in [-0.25, -0.2) is 0 Å². The molecule has 2 aromatic rings. The first kappa shape index (κ1) is 13.8. The van der Waals surface area contributed by atoms with Crippen molar-refractivity contribution < 1.29 is 0 Å². The van der Waals surface area contributed by atoms with E-state index in [1.54, 1.807) is 11.3 Å². The molecule has 3 heteroatoms. The first-order valence-corrected chi connectivity index (χ1v) is 8.23. The van der Waals surface area contributed by atoms with E-state index in [0.29, 0.717) is 6.04 Å². The zero-order valence-corrected chi connectivity index (χ0v) is 13.0. The SMILES string of the molecule is Cc1cc(C)cc(C(c2ccsc2)N2CCNCC2)c1. The van der Waals surface area contributed by atoms with Crippen molar-refractivity contribution in [2.45, 2.75) is 19.9 Å². The summed E-state index contributed by atoms with van der Waals surface area (Å²) in [5.41, 5.74) is 5.58.